The molecule has 0 saturated carbocycles. The van der Waals surface area contributed by atoms with Crippen LogP contribution < -0.4 is 0 Å². The van der Waals surface area contributed by atoms with Gasteiger partial charge in [-0.2, -0.15) is 4.37 Å². The van der Waals surface area contributed by atoms with E-state index in [0.717, 1.165) is 14.8 Å². The van der Waals surface area contributed by atoms with Crippen LogP contribution in [0.3, 0.4) is 0 Å². The van der Waals surface area contributed by atoms with Gasteiger partial charge in [0.05, 0.1) is 6.10 Å². The predicted octanol–water partition coefficient (Wildman–Crippen LogP) is 3.13. The van der Waals surface area contributed by atoms with Gasteiger partial charge >= 0.3 is 0 Å². The number of rotatable bonds is 4. The molecular weight excluding hydrogens is 240 g/mol. The summed E-state index contributed by atoms with van der Waals surface area (Å²) in [5.41, 5.74) is 0.963. The van der Waals surface area contributed by atoms with E-state index in [2.05, 4.69) is 9.36 Å². The van der Waals surface area contributed by atoms with Crippen LogP contribution in [0.4, 0.5) is 0 Å². The molecule has 0 spiro atoms. The Morgan fingerprint density at radius 3 is 2.94 bits per heavy atom. The number of hydrogen-bond acceptors (Lipinski definition) is 5. The molecule has 1 aromatic heterocycles. The molecule has 0 amide bonds. The summed E-state index contributed by atoms with van der Waals surface area (Å²) in [6, 6.07) is 7.87. The van der Waals surface area contributed by atoms with Gasteiger partial charge in [0, 0.05) is 4.90 Å². The van der Waals surface area contributed by atoms with Gasteiger partial charge in [-0.25, -0.2) is 4.98 Å². The van der Waals surface area contributed by atoms with Gasteiger partial charge < -0.3 is 5.11 Å². The SMILES string of the molecule is CCC(O)c1ccccc1Sc1ncns1. The van der Waals surface area contributed by atoms with Crippen molar-refractivity contribution in [1.82, 2.24) is 9.36 Å². The molecule has 0 saturated heterocycles. The van der Waals surface area contributed by atoms with Gasteiger partial charge in [-0.3, -0.25) is 0 Å². The fourth-order valence-electron chi connectivity index (χ4n) is 1.37. The molecule has 0 bridgehead atoms. The molecule has 1 N–H and O–H groups in total. The smallest absolute Gasteiger partial charge is 0.174 e. The van der Waals surface area contributed by atoms with Crippen LogP contribution in [0.1, 0.15) is 25.0 Å². The van der Waals surface area contributed by atoms with E-state index in [1.54, 1.807) is 18.1 Å². The van der Waals surface area contributed by atoms with Crippen LogP contribution in [0.15, 0.2) is 39.8 Å². The van der Waals surface area contributed by atoms with Crippen LogP contribution >= 0.6 is 23.3 Å². The van der Waals surface area contributed by atoms with Gasteiger partial charge in [-0.15, -0.1) is 0 Å². The number of aromatic nitrogens is 2. The quantitative estimate of drug-likeness (QED) is 0.908. The van der Waals surface area contributed by atoms with Crippen molar-refractivity contribution in [1.29, 1.82) is 0 Å². The molecule has 1 unspecified atom stereocenters. The van der Waals surface area contributed by atoms with E-state index in [0.29, 0.717) is 6.42 Å². The van der Waals surface area contributed by atoms with Crippen molar-refractivity contribution in [2.45, 2.75) is 28.7 Å². The second kappa shape index (κ2) is 5.43. The third-order valence-corrected chi connectivity index (χ3v) is 4.01. The number of hydrogen-bond donors (Lipinski definition) is 1. The number of aliphatic hydroxyl groups excluding tert-OH is 1. The average Bonchev–Trinajstić information content (AvgIpc) is 2.82. The van der Waals surface area contributed by atoms with E-state index >= 15 is 0 Å². The van der Waals surface area contributed by atoms with Crippen molar-refractivity contribution in [2.75, 3.05) is 0 Å². The summed E-state index contributed by atoms with van der Waals surface area (Å²) >= 11 is 2.92. The van der Waals surface area contributed by atoms with E-state index in [4.69, 9.17) is 0 Å². The van der Waals surface area contributed by atoms with Gasteiger partial charge in [0.25, 0.3) is 0 Å². The lowest BCUT2D eigenvalue weighted by molar-refractivity contribution is 0.171. The first kappa shape index (κ1) is 11.6. The molecule has 2 aromatic rings. The van der Waals surface area contributed by atoms with Crippen molar-refractivity contribution in [3.63, 3.8) is 0 Å². The van der Waals surface area contributed by atoms with Crippen LogP contribution in [0.2, 0.25) is 0 Å². The summed E-state index contributed by atoms with van der Waals surface area (Å²) in [5, 5.41) is 9.89. The molecule has 0 aliphatic rings. The number of aliphatic hydroxyl groups is 1. The molecule has 0 radical (unpaired) electrons. The molecule has 5 heteroatoms. The molecule has 2 rings (SSSR count). The zero-order chi connectivity index (χ0) is 11.4. The van der Waals surface area contributed by atoms with E-state index < -0.39 is 6.10 Å². The van der Waals surface area contributed by atoms with Gasteiger partial charge in [0.2, 0.25) is 0 Å². The van der Waals surface area contributed by atoms with Crippen molar-refractivity contribution >= 4 is 23.3 Å². The first-order valence-corrected chi connectivity index (χ1v) is 6.61. The van der Waals surface area contributed by atoms with E-state index in [9.17, 15) is 5.11 Å². The average molecular weight is 252 g/mol. The third-order valence-electron chi connectivity index (χ3n) is 2.20. The summed E-state index contributed by atoms with van der Waals surface area (Å²) in [7, 11) is 0. The fraction of sp³-hybridized carbons (Fsp3) is 0.273. The largest absolute Gasteiger partial charge is 0.388 e. The predicted molar refractivity (Wildman–Crippen MR) is 65.7 cm³/mol. The lowest BCUT2D eigenvalue weighted by Crippen LogP contribution is -1.96. The van der Waals surface area contributed by atoms with Crippen LogP contribution in [0.5, 0.6) is 0 Å². The Balaban J connectivity index is 2.26. The fourth-order valence-corrected chi connectivity index (χ4v) is 2.95. The zero-order valence-corrected chi connectivity index (χ0v) is 10.5. The van der Waals surface area contributed by atoms with Gasteiger partial charge in [0.1, 0.15) is 6.33 Å². The van der Waals surface area contributed by atoms with Crippen LogP contribution in [-0.2, 0) is 0 Å². The summed E-state index contributed by atoms with van der Waals surface area (Å²) in [5.74, 6) is 0. The first-order chi connectivity index (χ1) is 7.81. The Morgan fingerprint density at radius 2 is 2.25 bits per heavy atom. The van der Waals surface area contributed by atoms with E-state index in [1.807, 2.05) is 31.2 Å². The Labute approximate surface area is 103 Å². The highest BCUT2D eigenvalue weighted by Gasteiger charge is 2.11. The Hall–Kier alpha value is -0.910. The maximum atomic E-state index is 9.89. The highest BCUT2D eigenvalue weighted by Crippen LogP contribution is 2.34. The van der Waals surface area contributed by atoms with Crippen LogP contribution in [-0.4, -0.2) is 14.5 Å². The van der Waals surface area contributed by atoms with Crippen molar-refractivity contribution in [2.24, 2.45) is 0 Å². The van der Waals surface area contributed by atoms with Crippen LogP contribution in [0.25, 0.3) is 0 Å². The minimum Gasteiger partial charge on any atom is -0.388 e. The number of nitrogens with zero attached hydrogens (tertiary/aromatic N) is 2. The standard InChI is InChI=1S/C11H12N2OS2/c1-2-9(14)8-5-3-4-6-10(8)15-11-12-7-13-16-11/h3-7,9,14H,2H2,1H3. The third kappa shape index (κ3) is 2.61. The normalized spacial score (nSPS) is 12.6. The second-order valence-corrected chi connectivity index (χ2v) is 5.34. The Morgan fingerprint density at radius 1 is 1.44 bits per heavy atom. The van der Waals surface area contributed by atoms with E-state index in [-0.39, 0.29) is 0 Å². The second-order valence-electron chi connectivity index (χ2n) is 3.27. The summed E-state index contributed by atoms with van der Waals surface area (Å²) in [6.45, 7) is 1.97. The summed E-state index contributed by atoms with van der Waals surface area (Å²) in [6.07, 6.45) is 1.86. The Kier molecular flexibility index (Phi) is 3.93. The highest BCUT2D eigenvalue weighted by molar-refractivity contribution is 8.01. The monoisotopic (exact) mass is 252 g/mol. The molecule has 0 aliphatic heterocycles. The molecule has 1 heterocycles. The molecule has 1 atom stereocenters. The molecular formula is C11H12N2OS2. The maximum Gasteiger partial charge on any atom is 0.174 e. The zero-order valence-electron chi connectivity index (χ0n) is 8.83. The summed E-state index contributed by atoms with van der Waals surface area (Å²) < 4.78 is 4.86. The topological polar surface area (TPSA) is 46.0 Å². The maximum absolute atomic E-state index is 9.89. The van der Waals surface area contributed by atoms with Crippen molar-refractivity contribution in [3.8, 4) is 0 Å². The Bertz CT molecular complexity index is 445. The van der Waals surface area contributed by atoms with Gasteiger partial charge in [-0.1, -0.05) is 36.9 Å². The summed E-state index contributed by atoms with van der Waals surface area (Å²) in [4.78, 5) is 5.18. The minimum atomic E-state index is -0.406. The molecule has 1 aromatic carbocycles. The van der Waals surface area contributed by atoms with Crippen LogP contribution in [0, 0.1) is 0 Å². The lowest BCUT2D eigenvalue weighted by Gasteiger charge is -2.12. The van der Waals surface area contributed by atoms with E-state index in [1.165, 1.54) is 11.5 Å². The molecule has 16 heavy (non-hydrogen) atoms. The number of benzene rings is 1. The highest BCUT2D eigenvalue weighted by atomic mass is 32.2. The minimum absolute atomic E-state index is 0.406. The molecule has 3 nitrogen and oxygen atoms in total. The van der Waals surface area contributed by atoms with Gasteiger partial charge in [-0.05, 0) is 29.6 Å². The van der Waals surface area contributed by atoms with Crippen molar-refractivity contribution in [3.05, 3.63) is 36.2 Å². The molecule has 0 fully saturated rings. The molecule has 0 aliphatic carbocycles. The molecule has 84 valence electrons. The lowest BCUT2D eigenvalue weighted by atomic mass is 10.1. The first-order valence-electron chi connectivity index (χ1n) is 5.02. The van der Waals surface area contributed by atoms with Crippen molar-refractivity contribution < 1.29 is 5.11 Å². The van der Waals surface area contributed by atoms with Gasteiger partial charge in [0.15, 0.2) is 4.34 Å².